The zero-order valence-electron chi connectivity index (χ0n) is 15.2. The first kappa shape index (κ1) is 20.6. The lowest BCUT2D eigenvalue weighted by molar-refractivity contribution is -0.156. The summed E-state index contributed by atoms with van der Waals surface area (Å²) in [4.78, 5) is 12.0. The third kappa shape index (κ3) is 4.79. The van der Waals surface area contributed by atoms with Gasteiger partial charge in [0.25, 0.3) is 0 Å². The molecule has 0 aliphatic carbocycles. The number of hydrogen-bond donors (Lipinski definition) is 2. The smallest absolute Gasteiger partial charge is 0.328 e. The molecular weight excluding hydrogens is 306 g/mol. The number of allylic oxidation sites excluding steroid dienone is 5. The molecule has 1 rings (SSSR count). The fourth-order valence-electron chi connectivity index (χ4n) is 3.12. The largest absolute Gasteiger partial charge is 0.480 e. The highest BCUT2D eigenvalue weighted by Gasteiger charge is 2.50. The Kier molecular flexibility index (Phi) is 8.39. The number of hydrogen-bond acceptors (Lipinski definition) is 4. The monoisotopic (exact) mass is 337 g/mol. The minimum Gasteiger partial charge on any atom is -0.480 e. The Labute approximate surface area is 145 Å². The fraction of sp³-hybridized carbons (Fsp3) is 0.632. The molecule has 0 radical (unpaired) electrons. The van der Waals surface area contributed by atoms with Gasteiger partial charge < -0.3 is 20.3 Å². The van der Waals surface area contributed by atoms with Gasteiger partial charge in [-0.2, -0.15) is 0 Å². The highest BCUT2D eigenvalue weighted by atomic mass is 16.5. The number of unbranched alkanes of at least 4 members (excludes halogenated alkanes) is 1. The van der Waals surface area contributed by atoms with Crippen LogP contribution in [-0.4, -0.2) is 43.0 Å². The second-order valence-electron chi connectivity index (χ2n) is 6.45. The van der Waals surface area contributed by atoms with Crippen LogP contribution in [0.15, 0.2) is 36.0 Å². The van der Waals surface area contributed by atoms with E-state index in [-0.39, 0.29) is 18.6 Å². The van der Waals surface area contributed by atoms with Crippen LogP contribution < -0.4 is 5.73 Å². The summed E-state index contributed by atoms with van der Waals surface area (Å²) in [7, 11) is 1.60. The molecule has 3 N–H and O–H groups in total. The zero-order valence-corrected chi connectivity index (χ0v) is 15.2. The molecule has 0 aromatic carbocycles. The SMILES string of the molecule is CCCC=CC=CC=C(C)[C@@](N)(C(=O)O)C1COCC(C)C1OC. The molecule has 5 heteroatoms. The molecule has 0 aromatic heterocycles. The zero-order chi connectivity index (χ0) is 18.2. The summed E-state index contributed by atoms with van der Waals surface area (Å²) in [5.41, 5.74) is 5.43. The van der Waals surface area contributed by atoms with Crippen LogP contribution in [-0.2, 0) is 14.3 Å². The van der Waals surface area contributed by atoms with Gasteiger partial charge in [-0.05, 0) is 18.9 Å². The van der Waals surface area contributed by atoms with Crippen molar-refractivity contribution in [3.05, 3.63) is 36.0 Å². The van der Waals surface area contributed by atoms with E-state index in [9.17, 15) is 9.90 Å². The summed E-state index contributed by atoms with van der Waals surface area (Å²) < 4.78 is 11.1. The molecule has 1 heterocycles. The van der Waals surface area contributed by atoms with E-state index in [0.29, 0.717) is 12.2 Å². The Balaban J connectivity index is 3.03. The second kappa shape index (κ2) is 9.77. The Morgan fingerprint density at radius 2 is 2.08 bits per heavy atom. The highest BCUT2D eigenvalue weighted by Crippen LogP contribution is 2.34. The van der Waals surface area contributed by atoms with Gasteiger partial charge in [-0.1, -0.05) is 50.6 Å². The van der Waals surface area contributed by atoms with Gasteiger partial charge >= 0.3 is 5.97 Å². The highest BCUT2D eigenvalue weighted by molar-refractivity contribution is 5.83. The van der Waals surface area contributed by atoms with Crippen LogP contribution in [0, 0.1) is 11.8 Å². The number of carboxylic acids is 1. The van der Waals surface area contributed by atoms with Crippen LogP contribution in [0.25, 0.3) is 0 Å². The van der Waals surface area contributed by atoms with Crippen molar-refractivity contribution >= 4 is 5.97 Å². The molecule has 0 aromatic rings. The quantitative estimate of drug-likeness (QED) is 0.666. The van der Waals surface area contributed by atoms with Gasteiger partial charge in [0.2, 0.25) is 0 Å². The number of rotatable bonds is 8. The maximum absolute atomic E-state index is 12.0. The molecule has 1 saturated heterocycles. The van der Waals surface area contributed by atoms with Crippen LogP contribution in [0.5, 0.6) is 0 Å². The average molecular weight is 337 g/mol. The lowest BCUT2D eigenvalue weighted by atomic mass is 9.72. The number of nitrogens with two attached hydrogens (primary N) is 1. The molecule has 1 aliphatic rings. The lowest BCUT2D eigenvalue weighted by Crippen LogP contribution is -2.63. The molecule has 1 fully saturated rings. The third-order valence-electron chi connectivity index (χ3n) is 4.66. The topological polar surface area (TPSA) is 81.8 Å². The fourth-order valence-corrected chi connectivity index (χ4v) is 3.12. The first-order valence-corrected chi connectivity index (χ1v) is 8.52. The van der Waals surface area contributed by atoms with Crippen molar-refractivity contribution < 1.29 is 19.4 Å². The Morgan fingerprint density at radius 3 is 2.67 bits per heavy atom. The Bertz CT molecular complexity index is 498. The molecule has 136 valence electrons. The van der Waals surface area contributed by atoms with Crippen molar-refractivity contribution in [2.24, 2.45) is 17.6 Å². The molecular formula is C19H31NO4. The number of methoxy groups -OCH3 is 1. The standard InChI is InChI=1S/C19H31NO4/c1-5-6-7-8-9-10-11-15(3)19(20,18(21)22)16-13-24-12-14(2)17(16)23-4/h7-11,14,16-17H,5-6,12-13,20H2,1-4H3,(H,21,22)/t14?,16?,17?,19-/m0/s1. The van der Waals surface area contributed by atoms with Crippen LogP contribution >= 0.6 is 0 Å². The first-order chi connectivity index (χ1) is 11.4. The third-order valence-corrected chi connectivity index (χ3v) is 4.66. The van der Waals surface area contributed by atoms with E-state index >= 15 is 0 Å². The molecule has 4 atom stereocenters. The molecule has 24 heavy (non-hydrogen) atoms. The first-order valence-electron chi connectivity index (χ1n) is 8.52. The van der Waals surface area contributed by atoms with Gasteiger partial charge in [0.1, 0.15) is 5.54 Å². The predicted molar refractivity (Wildman–Crippen MR) is 95.8 cm³/mol. The van der Waals surface area contributed by atoms with E-state index in [2.05, 4.69) is 13.0 Å². The number of ether oxygens (including phenoxy) is 2. The Morgan fingerprint density at radius 1 is 1.38 bits per heavy atom. The van der Waals surface area contributed by atoms with Gasteiger partial charge in [-0.15, -0.1) is 0 Å². The number of aliphatic carboxylic acids is 1. The summed E-state index contributed by atoms with van der Waals surface area (Å²) in [5.74, 6) is -1.41. The maximum Gasteiger partial charge on any atom is 0.328 e. The molecule has 3 unspecified atom stereocenters. The van der Waals surface area contributed by atoms with E-state index in [1.807, 2.05) is 25.2 Å². The summed E-state index contributed by atoms with van der Waals surface area (Å²) in [6, 6.07) is 0. The van der Waals surface area contributed by atoms with Crippen molar-refractivity contribution in [3.8, 4) is 0 Å². The summed E-state index contributed by atoms with van der Waals surface area (Å²) in [6.45, 7) is 6.68. The normalized spacial score (nSPS) is 28.4. The van der Waals surface area contributed by atoms with Crippen LogP contribution in [0.1, 0.15) is 33.6 Å². The molecule has 1 aliphatic heterocycles. The van der Waals surface area contributed by atoms with Crippen LogP contribution in [0.4, 0.5) is 0 Å². The van der Waals surface area contributed by atoms with Gasteiger partial charge in [-0.25, -0.2) is 4.79 Å². The van der Waals surface area contributed by atoms with Crippen LogP contribution in [0.3, 0.4) is 0 Å². The van der Waals surface area contributed by atoms with E-state index in [1.165, 1.54) is 0 Å². The van der Waals surface area contributed by atoms with Crippen molar-refractivity contribution in [2.75, 3.05) is 20.3 Å². The number of carboxylic acid groups (broad SMARTS) is 1. The van der Waals surface area contributed by atoms with Gasteiger partial charge in [-0.3, -0.25) is 0 Å². The summed E-state index contributed by atoms with van der Waals surface area (Å²) in [6.07, 6.45) is 11.4. The van der Waals surface area contributed by atoms with Crippen LogP contribution in [0.2, 0.25) is 0 Å². The van der Waals surface area contributed by atoms with Gasteiger partial charge in [0.15, 0.2) is 0 Å². The predicted octanol–water partition coefficient (Wildman–Crippen LogP) is 2.92. The molecule has 0 bridgehead atoms. The molecule has 0 amide bonds. The van der Waals surface area contributed by atoms with Crippen molar-refractivity contribution in [3.63, 3.8) is 0 Å². The summed E-state index contributed by atoms with van der Waals surface area (Å²) in [5, 5.41) is 9.81. The van der Waals surface area contributed by atoms with Crippen molar-refractivity contribution in [1.82, 2.24) is 0 Å². The minimum atomic E-state index is -1.52. The maximum atomic E-state index is 12.0. The molecule has 5 nitrogen and oxygen atoms in total. The van der Waals surface area contributed by atoms with Gasteiger partial charge in [0, 0.05) is 18.9 Å². The number of carbonyl (C=O) groups is 1. The molecule has 0 spiro atoms. The average Bonchev–Trinajstić information content (AvgIpc) is 2.56. The van der Waals surface area contributed by atoms with Gasteiger partial charge in [0.05, 0.1) is 19.3 Å². The van der Waals surface area contributed by atoms with Crippen molar-refractivity contribution in [2.45, 2.75) is 45.3 Å². The van der Waals surface area contributed by atoms with E-state index in [1.54, 1.807) is 20.1 Å². The second-order valence-corrected chi connectivity index (χ2v) is 6.45. The Hall–Kier alpha value is -1.43. The molecule has 0 saturated carbocycles. The lowest BCUT2D eigenvalue weighted by Gasteiger charge is -2.43. The van der Waals surface area contributed by atoms with E-state index < -0.39 is 17.4 Å². The van der Waals surface area contributed by atoms with E-state index in [0.717, 1.165) is 12.8 Å². The van der Waals surface area contributed by atoms with Crippen molar-refractivity contribution in [1.29, 1.82) is 0 Å². The summed E-state index contributed by atoms with van der Waals surface area (Å²) >= 11 is 0. The minimum absolute atomic E-state index is 0.0938. The van der Waals surface area contributed by atoms with E-state index in [4.69, 9.17) is 15.2 Å².